The Morgan fingerprint density at radius 2 is 1.35 bits per heavy atom. The Bertz CT molecular complexity index is 860. The SMILES string of the molecule is CC([n+]1ccc(-c2cc[n+](-c3ccc(F)cc3)cc2)cc1)[P+](=O)[O-].[Cl-].[Cl-]. The molecule has 136 valence electrons. The average Bonchev–Trinajstić information content (AvgIpc) is 2.62. The van der Waals surface area contributed by atoms with Crippen molar-refractivity contribution in [1.82, 2.24) is 0 Å². The lowest BCUT2D eigenvalue weighted by Gasteiger charge is -2.02. The Morgan fingerprint density at radius 1 is 0.885 bits per heavy atom. The predicted octanol–water partition coefficient (Wildman–Crippen LogP) is -3.31. The number of pyridine rings is 2. The summed E-state index contributed by atoms with van der Waals surface area (Å²) in [5.74, 6) is -0.826. The number of rotatable bonds is 4. The summed E-state index contributed by atoms with van der Waals surface area (Å²) < 4.78 is 27.6. The number of halogens is 3. The number of benzene rings is 1. The fraction of sp³-hybridized carbons (Fsp3) is 0.111. The molecule has 0 aliphatic rings. The second kappa shape index (κ2) is 9.70. The quantitative estimate of drug-likeness (QED) is 0.332. The summed E-state index contributed by atoms with van der Waals surface area (Å²) in [6, 6.07) is 14.0. The highest BCUT2D eigenvalue weighted by Gasteiger charge is 2.24. The van der Waals surface area contributed by atoms with Crippen LogP contribution in [0.25, 0.3) is 16.8 Å². The van der Waals surface area contributed by atoms with Crippen LogP contribution in [-0.4, -0.2) is 0 Å². The van der Waals surface area contributed by atoms with E-state index in [1.165, 1.54) is 12.1 Å². The van der Waals surface area contributed by atoms with Gasteiger partial charge in [-0.15, -0.1) is 0 Å². The Balaban J connectivity index is 0.00000169. The summed E-state index contributed by atoms with van der Waals surface area (Å²) in [5, 5.41) is 0. The van der Waals surface area contributed by atoms with Crippen LogP contribution in [0.4, 0.5) is 4.39 Å². The normalized spacial score (nSPS) is 11.7. The first-order chi connectivity index (χ1) is 11.5. The van der Waals surface area contributed by atoms with Crippen LogP contribution >= 0.6 is 8.03 Å². The zero-order valence-electron chi connectivity index (χ0n) is 13.8. The van der Waals surface area contributed by atoms with E-state index in [1.54, 1.807) is 36.0 Å². The summed E-state index contributed by atoms with van der Waals surface area (Å²) in [5.41, 5.74) is 2.88. The van der Waals surface area contributed by atoms with Crippen molar-refractivity contribution in [3.05, 3.63) is 79.1 Å². The molecule has 0 aliphatic carbocycles. The van der Waals surface area contributed by atoms with Gasteiger partial charge in [0, 0.05) is 43.3 Å². The van der Waals surface area contributed by atoms with Crippen LogP contribution in [0.5, 0.6) is 0 Å². The van der Waals surface area contributed by atoms with E-state index in [-0.39, 0.29) is 30.6 Å². The van der Waals surface area contributed by atoms with Gasteiger partial charge in [0.2, 0.25) is 5.69 Å². The lowest BCUT2D eigenvalue weighted by atomic mass is 10.1. The van der Waals surface area contributed by atoms with Crippen molar-refractivity contribution in [1.29, 1.82) is 0 Å². The van der Waals surface area contributed by atoms with Crippen molar-refractivity contribution in [2.75, 3.05) is 0 Å². The van der Waals surface area contributed by atoms with Gasteiger partial charge in [-0.05, 0) is 23.3 Å². The number of aromatic nitrogens is 2. The second-order valence-corrected chi connectivity index (χ2v) is 6.74. The maximum atomic E-state index is 13.0. The molecule has 0 amide bonds. The molecule has 2 atom stereocenters. The van der Waals surface area contributed by atoms with Gasteiger partial charge in [0.05, 0.1) is 0 Å². The molecule has 0 N–H and O–H groups in total. The molecule has 26 heavy (non-hydrogen) atoms. The van der Waals surface area contributed by atoms with Crippen LogP contribution < -0.4 is 38.8 Å². The smallest absolute Gasteiger partial charge is 0.384 e. The molecule has 4 nitrogen and oxygen atoms in total. The van der Waals surface area contributed by atoms with Gasteiger partial charge < -0.3 is 29.7 Å². The van der Waals surface area contributed by atoms with Crippen LogP contribution in [0.2, 0.25) is 0 Å². The molecule has 0 fully saturated rings. The molecule has 0 spiro atoms. The van der Waals surface area contributed by atoms with Crippen molar-refractivity contribution >= 4 is 8.03 Å². The maximum Gasteiger partial charge on any atom is 0.384 e. The van der Waals surface area contributed by atoms with Gasteiger partial charge >= 0.3 is 13.8 Å². The molecule has 0 saturated carbocycles. The number of hydrogen-bond donors (Lipinski definition) is 0. The molecule has 0 radical (unpaired) electrons. The van der Waals surface area contributed by atoms with E-state index >= 15 is 0 Å². The van der Waals surface area contributed by atoms with Gasteiger partial charge in [0.25, 0.3) is 0 Å². The van der Waals surface area contributed by atoms with Gasteiger partial charge in [0.15, 0.2) is 24.8 Å². The van der Waals surface area contributed by atoms with Gasteiger partial charge in [-0.3, -0.25) is 0 Å². The number of hydrogen-bond acceptors (Lipinski definition) is 2. The topological polar surface area (TPSA) is 47.9 Å². The summed E-state index contributed by atoms with van der Waals surface area (Å²) in [4.78, 5) is 11.0. The molecule has 3 aromatic rings. The first-order valence-electron chi connectivity index (χ1n) is 7.46. The third kappa shape index (κ3) is 5.05. The molecule has 3 rings (SSSR count). The standard InChI is InChI=1S/C18H16FN2O2P.2ClH/c1-14(24(22)23)20-10-6-15(7-11-20)16-8-12-21(13-9-16)18-4-2-17(19)3-5-18;;/h2-14H,1H3;2*1H/q+2;;/p-2. The van der Waals surface area contributed by atoms with E-state index in [0.29, 0.717) is 0 Å². The molecule has 0 bridgehead atoms. The summed E-state index contributed by atoms with van der Waals surface area (Å²) >= 11 is 0. The van der Waals surface area contributed by atoms with Crippen LogP contribution in [0.3, 0.4) is 0 Å². The van der Waals surface area contributed by atoms with E-state index in [2.05, 4.69) is 0 Å². The van der Waals surface area contributed by atoms with Crippen molar-refractivity contribution in [2.45, 2.75) is 12.7 Å². The van der Waals surface area contributed by atoms with E-state index in [0.717, 1.165) is 16.8 Å². The Labute approximate surface area is 164 Å². The van der Waals surface area contributed by atoms with E-state index in [4.69, 9.17) is 0 Å². The zero-order chi connectivity index (χ0) is 17.1. The molecular weight excluding hydrogens is 397 g/mol. The molecular formula is C18H16Cl2FN2O2P. The molecule has 2 heterocycles. The van der Waals surface area contributed by atoms with E-state index in [9.17, 15) is 13.8 Å². The maximum absolute atomic E-state index is 13.0. The highest BCUT2D eigenvalue weighted by Crippen LogP contribution is 2.23. The molecule has 1 aromatic carbocycles. The van der Waals surface area contributed by atoms with Crippen LogP contribution in [0.1, 0.15) is 12.7 Å². The highest BCUT2D eigenvalue weighted by atomic mass is 35.5. The molecule has 8 heteroatoms. The molecule has 2 aromatic heterocycles. The first kappa shape index (κ1) is 22.1. The summed E-state index contributed by atoms with van der Waals surface area (Å²) in [6.07, 6.45) is 7.32. The minimum absolute atomic E-state index is 0. The fourth-order valence-corrected chi connectivity index (χ4v) is 2.76. The van der Waals surface area contributed by atoms with Crippen molar-refractivity contribution < 1.29 is 47.8 Å². The van der Waals surface area contributed by atoms with Gasteiger partial charge in [-0.1, -0.05) is 4.57 Å². The van der Waals surface area contributed by atoms with Gasteiger partial charge in [-0.25, -0.2) is 4.39 Å². The largest absolute Gasteiger partial charge is 1.00 e. The third-order valence-corrected chi connectivity index (χ3v) is 4.75. The average molecular weight is 413 g/mol. The van der Waals surface area contributed by atoms with E-state index in [1.807, 2.05) is 41.2 Å². The van der Waals surface area contributed by atoms with Crippen molar-refractivity contribution in [3.63, 3.8) is 0 Å². The van der Waals surface area contributed by atoms with Crippen LogP contribution in [0.15, 0.2) is 73.3 Å². The van der Waals surface area contributed by atoms with Crippen LogP contribution in [-0.2, 0) is 4.57 Å². The molecule has 0 saturated heterocycles. The number of nitrogens with zero attached hydrogens (tertiary/aromatic N) is 2. The van der Waals surface area contributed by atoms with Crippen LogP contribution in [0, 0.1) is 5.82 Å². The summed E-state index contributed by atoms with van der Waals surface area (Å²) in [7, 11) is -2.50. The second-order valence-electron chi connectivity index (χ2n) is 5.42. The lowest BCUT2D eigenvalue weighted by Crippen LogP contribution is -3.00. The Hall–Kier alpha value is -1.91. The zero-order valence-corrected chi connectivity index (χ0v) is 16.2. The fourth-order valence-electron chi connectivity index (χ4n) is 2.39. The summed E-state index contributed by atoms with van der Waals surface area (Å²) in [6.45, 7) is 1.64. The predicted molar refractivity (Wildman–Crippen MR) is 85.9 cm³/mol. The van der Waals surface area contributed by atoms with Gasteiger partial charge in [-0.2, -0.15) is 9.13 Å². The van der Waals surface area contributed by atoms with E-state index < -0.39 is 13.8 Å². The lowest BCUT2D eigenvalue weighted by molar-refractivity contribution is -0.701. The molecule has 0 aliphatic heterocycles. The van der Waals surface area contributed by atoms with Crippen molar-refractivity contribution in [3.8, 4) is 16.8 Å². The first-order valence-corrected chi connectivity index (χ1v) is 8.71. The van der Waals surface area contributed by atoms with Crippen molar-refractivity contribution in [2.24, 2.45) is 0 Å². The minimum Gasteiger partial charge on any atom is -1.00 e. The third-order valence-electron chi connectivity index (χ3n) is 3.88. The monoisotopic (exact) mass is 412 g/mol. The Kier molecular flexibility index (Phi) is 8.25. The highest BCUT2D eigenvalue weighted by molar-refractivity contribution is 7.36. The Morgan fingerprint density at radius 3 is 1.81 bits per heavy atom. The van der Waals surface area contributed by atoms with Gasteiger partial charge in [0.1, 0.15) is 5.82 Å². The minimum atomic E-state index is -2.50. The molecule has 2 unspecified atom stereocenters.